The van der Waals surface area contributed by atoms with Crippen molar-refractivity contribution in [2.24, 2.45) is 0 Å². The van der Waals surface area contributed by atoms with Gasteiger partial charge in [0.1, 0.15) is 5.58 Å². The summed E-state index contributed by atoms with van der Waals surface area (Å²) in [6, 6.07) is 9.33. The Hall–Kier alpha value is -2.03. The molecule has 86 valence electrons. The van der Waals surface area contributed by atoms with E-state index >= 15 is 0 Å². The van der Waals surface area contributed by atoms with Gasteiger partial charge in [0.05, 0.1) is 0 Å². The van der Waals surface area contributed by atoms with Crippen molar-refractivity contribution >= 4 is 21.9 Å². The molecule has 0 spiro atoms. The fraction of sp³-hybridized carbons (Fsp3) is 0.214. The molecule has 3 nitrogen and oxygen atoms in total. The number of hydrogen-bond acceptors (Lipinski definition) is 2. The second-order valence-corrected chi connectivity index (χ2v) is 4.19. The van der Waals surface area contributed by atoms with E-state index in [0.717, 1.165) is 17.3 Å². The highest BCUT2D eigenvalue weighted by Crippen LogP contribution is 2.27. The van der Waals surface area contributed by atoms with Crippen LogP contribution in [-0.4, -0.2) is 4.57 Å². The number of aromatic nitrogens is 1. The second-order valence-electron chi connectivity index (χ2n) is 4.19. The summed E-state index contributed by atoms with van der Waals surface area (Å²) in [5.41, 5.74) is 2.76. The summed E-state index contributed by atoms with van der Waals surface area (Å²) < 4.78 is 7.44. The maximum absolute atomic E-state index is 11.2. The average molecular weight is 227 g/mol. The number of aryl methyl sites for hydroxylation is 2. The molecule has 3 aromatic rings. The Morgan fingerprint density at radius 2 is 2.00 bits per heavy atom. The molecule has 2 heterocycles. The largest absolute Gasteiger partial charge is 0.423 e. The van der Waals surface area contributed by atoms with E-state index in [-0.39, 0.29) is 5.63 Å². The van der Waals surface area contributed by atoms with Gasteiger partial charge in [-0.1, -0.05) is 0 Å². The Kier molecular flexibility index (Phi) is 2.08. The Morgan fingerprint density at radius 3 is 2.76 bits per heavy atom. The van der Waals surface area contributed by atoms with Gasteiger partial charge in [0.25, 0.3) is 0 Å². The molecule has 17 heavy (non-hydrogen) atoms. The first kappa shape index (κ1) is 10.1. The molecule has 0 aliphatic heterocycles. The molecule has 0 bridgehead atoms. The molecule has 0 amide bonds. The topological polar surface area (TPSA) is 35.1 Å². The van der Waals surface area contributed by atoms with E-state index in [0.29, 0.717) is 5.58 Å². The third kappa shape index (κ3) is 1.39. The smallest absolute Gasteiger partial charge is 0.336 e. The third-order valence-corrected chi connectivity index (χ3v) is 3.21. The number of hydrogen-bond donors (Lipinski definition) is 0. The highest BCUT2D eigenvalue weighted by Gasteiger charge is 2.08. The zero-order chi connectivity index (χ0) is 12.0. The Bertz CT molecular complexity index is 765. The van der Waals surface area contributed by atoms with Gasteiger partial charge >= 0.3 is 5.63 Å². The zero-order valence-electron chi connectivity index (χ0n) is 9.86. The number of benzene rings is 1. The first-order valence-electron chi connectivity index (χ1n) is 5.73. The molecule has 0 radical (unpaired) electrons. The Labute approximate surface area is 98.3 Å². The molecule has 0 fully saturated rings. The fourth-order valence-electron chi connectivity index (χ4n) is 2.44. The quantitative estimate of drug-likeness (QED) is 0.599. The number of nitrogens with zero attached hydrogens (tertiary/aromatic N) is 1. The van der Waals surface area contributed by atoms with Crippen LogP contribution in [0.25, 0.3) is 21.9 Å². The molecule has 0 N–H and O–H groups in total. The summed E-state index contributed by atoms with van der Waals surface area (Å²) >= 11 is 0. The first-order valence-corrected chi connectivity index (χ1v) is 5.73. The van der Waals surface area contributed by atoms with Gasteiger partial charge in [-0.05, 0) is 38.1 Å². The molecule has 1 aromatic carbocycles. The summed E-state index contributed by atoms with van der Waals surface area (Å²) in [5.74, 6) is 0. The summed E-state index contributed by atoms with van der Waals surface area (Å²) in [7, 11) is 0. The fourth-order valence-corrected chi connectivity index (χ4v) is 2.44. The summed E-state index contributed by atoms with van der Waals surface area (Å²) in [6.45, 7) is 5.16. The van der Waals surface area contributed by atoms with E-state index in [2.05, 4.69) is 24.5 Å². The average Bonchev–Trinajstić information content (AvgIpc) is 2.64. The SMILES string of the molecule is CCn1c(C)cc2c3ccc(=O)oc3ccc21. The van der Waals surface area contributed by atoms with E-state index in [1.54, 1.807) is 0 Å². The van der Waals surface area contributed by atoms with Gasteiger partial charge in [0.2, 0.25) is 0 Å². The van der Waals surface area contributed by atoms with Crippen LogP contribution in [0.2, 0.25) is 0 Å². The lowest BCUT2D eigenvalue weighted by atomic mass is 10.1. The summed E-state index contributed by atoms with van der Waals surface area (Å²) in [6.07, 6.45) is 0. The molecule has 0 aliphatic rings. The monoisotopic (exact) mass is 227 g/mol. The molecular weight excluding hydrogens is 214 g/mol. The normalized spacial score (nSPS) is 11.4. The van der Waals surface area contributed by atoms with Crippen LogP contribution < -0.4 is 5.63 Å². The van der Waals surface area contributed by atoms with Crippen LogP contribution in [0, 0.1) is 6.92 Å². The van der Waals surface area contributed by atoms with Crippen molar-refractivity contribution < 1.29 is 4.42 Å². The lowest BCUT2D eigenvalue weighted by molar-refractivity contribution is 0.561. The molecule has 3 rings (SSSR count). The van der Waals surface area contributed by atoms with Crippen LogP contribution in [0.15, 0.2) is 39.5 Å². The predicted molar refractivity (Wildman–Crippen MR) is 68.4 cm³/mol. The Morgan fingerprint density at radius 1 is 1.18 bits per heavy atom. The highest BCUT2D eigenvalue weighted by atomic mass is 16.4. The Balaban J connectivity index is 2.52. The van der Waals surface area contributed by atoms with Gasteiger partial charge in [0.15, 0.2) is 0 Å². The number of fused-ring (bicyclic) bond motifs is 3. The maximum atomic E-state index is 11.2. The van der Waals surface area contributed by atoms with E-state index < -0.39 is 0 Å². The van der Waals surface area contributed by atoms with Crippen molar-refractivity contribution in [3.8, 4) is 0 Å². The highest BCUT2D eigenvalue weighted by molar-refractivity contribution is 6.04. The molecule has 0 unspecified atom stereocenters. The van der Waals surface area contributed by atoms with Gasteiger partial charge in [-0.25, -0.2) is 4.79 Å². The predicted octanol–water partition coefficient (Wildman–Crippen LogP) is 3.08. The second kappa shape index (κ2) is 3.48. The van der Waals surface area contributed by atoms with Gasteiger partial charge in [0, 0.05) is 34.6 Å². The van der Waals surface area contributed by atoms with Crippen molar-refractivity contribution in [2.45, 2.75) is 20.4 Å². The molecule has 0 saturated heterocycles. The van der Waals surface area contributed by atoms with E-state index in [1.807, 2.05) is 18.2 Å². The minimum Gasteiger partial charge on any atom is -0.423 e. The van der Waals surface area contributed by atoms with Gasteiger partial charge < -0.3 is 8.98 Å². The van der Waals surface area contributed by atoms with Crippen LogP contribution in [0.1, 0.15) is 12.6 Å². The van der Waals surface area contributed by atoms with E-state index in [9.17, 15) is 4.79 Å². The van der Waals surface area contributed by atoms with Crippen molar-refractivity contribution in [2.75, 3.05) is 0 Å². The third-order valence-electron chi connectivity index (χ3n) is 3.21. The lowest BCUT2D eigenvalue weighted by Gasteiger charge is -2.04. The van der Waals surface area contributed by atoms with Crippen LogP contribution in [-0.2, 0) is 6.54 Å². The summed E-state index contributed by atoms with van der Waals surface area (Å²) in [5, 5.41) is 2.14. The lowest BCUT2D eigenvalue weighted by Crippen LogP contribution is -1.96. The maximum Gasteiger partial charge on any atom is 0.336 e. The van der Waals surface area contributed by atoms with Gasteiger partial charge in [-0.2, -0.15) is 0 Å². The van der Waals surface area contributed by atoms with Crippen LogP contribution >= 0.6 is 0 Å². The zero-order valence-corrected chi connectivity index (χ0v) is 9.86. The number of rotatable bonds is 1. The van der Waals surface area contributed by atoms with Crippen LogP contribution in [0.5, 0.6) is 0 Å². The van der Waals surface area contributed by atoms with Crippen LogP contribution in [0.4, 0.5) is 0 Å². The summed E-state index contributed by atoms with van der Waals surface area (Å²) in [4.78, 5) is 11.2. The van der Waals surface area contributed by atoms with Gasteiger partial charge in [-0.15, -0.1) is 0 Å². The molecule has 2 aromatic heterocycles. The molecule has 0 aliphatic carbocycles. The van der Waals surface area contributed by atoms with Crippen molar-refractivity contribution in [3.63, 3.8) is 0 Å². The minimum absolute atomic E-state index is 0.302. The van der Waals surface area contributed by atoms with Crippen molar-refractivity contribution in [1.82, 2.24) is 4.57 Å². The van der Waals surface area contributed by atoms with Gasteiger partial charge in [-0.3, -0.25) is 0 Å². The standard InChI is InChI=1S/C14H13NO2/c1-3-15-9(2)8-11-10-4-7-14(16)17-13(10)6-5-12(11)15/h4-8H,3H2,1-2H3. The molecular formula is C14H13NO2. The first-order chi connectivity index (χ1) is 8.20. The van der Waals surface area contributed by atoms with Crippen molar-refractivity contribution in [1.29, 1.82) is 0 Å². The molecule has 3 heteroatoms. The van der Waals surface area contributed by atoms with Crippen molar-refractivity contribution in [3.05, 3.63) is 46.4 Å². The van der Waals surface area contributed by atoms with E-state index in [1.165, 1.54) is 17.3 Å². The minimum atomic E-state index is -0.302. The van der Waals surface area contributed by atoms with E-state index in [4.69, 9.17) is 4.42 Å². The molecule has 0 atom stereocenters. The molecule has 0 saturated carbocycles. The van der Waals surface area contributed by atoms with Crippen LogP contribution in [0.3, 0.4) is 0 Å².